The first-order valence-corrected chi connectivity index (χ1v) is 7.29. The van der Waals surface area contributed by atoms with Gasteiger partial charge in [0.1, 0.15) is 5.82 Å². The Balaban J connectivity index is 1.67. The summed E-state index contributed by atoms with van der Waals surface area (Å²) in [6.45, 7) is 6.28. The van der Waals surface area contributed by atoms with Crippen molar-refractivity contribution < 1.29 is 4.79 Å². The predicted molar refractivity (Wildman–Crippen MR) is 76.7 cm³/mol. The van der Waals surface area contributed by atoms with Crippen LogP contribution in [0.2, 0.25) is 0 Å². The van der Waals surface area contributed by atoms with Gasteiger partial charge in [-0.1, -0.05) is 0 Å². The van der Waals surface area contributed by atoms with E-state index < -0.39 is 0 Å². The minimum atomic E-state index is -0.0201. The van der Waals surface area contributed by atoms with Gasteiger partial charge in [0.15, 0.2) is 5.69 Å². The van der Waals surface area contributed by atoms with Crippen LogP contribution in [0.15, 0.2) is 12.4 Å². The Hall–Kier alpha value is -2.18. The Kier molecular flexibility index (Phi) is 3.72. The lowest BCUT2D eigenvalue weighted by Gasteiger charge is -2.32. The third kappa shape index (κ3) is 2.81. The highest BCUT2D eigenvalue weighted by molar-refractivity contribution is 5.93. The van der Waals surface area contributed by atoms with Crippen molar-refractivity contribution in [2.45, 2.75) is 33.2 Å². The minimum absolute atomic E-state index is 0.0201. The summed E-state index contributed by atoms with van der Waals surface area (Å²) in [4.78, 5) is 18.6. The highest BCUT2D eigenvalue weighted by atomic mass is 16.2. The maximum Gasteiger partial charge on any atom is 0.276 e. The third-order valence-electron chi connectivity index (χ3n) is 4.11. The van der Waals surface area contributed by atoms with Crippen LogP contribution in [-0.2, 0) is 6.54 Å². The number of nitrogens with one attached hydrogen (secondary N) is 1. The summed E-state index contributed by atoms with van der Waals surface area (Å²) in [5.74, 6) is 1.46. The second-order valence-corrected chi connectivity index (χ2v) is 5.64. The van der Waals surface area contributed by atoms with Crippen LogP contribution in [0.1, 0.15) is 34.8 Å². The molecule has 1 N–H and O–H groups in total. The van der Waals surface area contributed by atoms with Gasteiger partial charge in [0.25, 0.3) is 5.91 Å². The van der Waals surface area contributed by atoms with Crippen LogP contribution in [0.3, 0.4) is 0 Å². The molecule has 7 nitrogen and oxygen atoms in total. The van der Waals surface area contributed by atoms with Crippen LogP contribution < -0.4 is 0 Å². The summed E-state index contributed by atoms with van der Waals surface area (Å²) in [6.07, 6.45) is 5.98. The van der Waals surface area contributed by atoms with E-state index in [1.165, 1.54) is 0 Å². The molecule has 1 unspecified atom stereocenters. The van der Waals surface area contributed by atoms with Crippen LogP contribution in [0.4, 0.5) is 0 Å². The number of nitrogens with zero attached hydrogens (tertiary/aromatic N) is 5. The number of imidazole rings is 1. The van der Waals surface area contributed by atoms with Crippen molar-refractivity contribution in [3.8, 4) is 0 Å². The summed E-state index contributed by atoms with van der Waals surface area (Å²) in [5.41, 5.74) is 1.10. The van der Waals surface area contributed by atoms with Crippen molar-refractivity contribution in [2.24, 2.45) is 5.92 Å². The standard InChI is InChI=1S/C14H20N6O/c1-10-13(17-18-16-10)14(21)20-6-3-4-12(9-20)8-19-7-5-15-11(19)2/h5,7,12H,3-4,6,8-9H2,1-2H3,(H,16,17,18). The van der Waals surface area contributed by atoms with Crippen molar-refractivity contribution in [1.82, 2.24) is 29.9 Å². The molecule has 1 saturated heterocycles. The summed E-state index contributed by atoms with van der Waals surface area (Å²) < 4.78 is 2.15. The molecule has 0 bridgehead atoms. The van der Waals surface area contributed by atoms with Crippen LogP contribution in [0.25, 0.3) is 0 Å². The molecule has 1 atom stereocenters. The smallest absolute Gasteiger partial charge is 0.276 e. The van der Waals surface area contributed by atoms with Gasteiger partial charge in [-0.05, 0) is 32.6 Å². The van der Waals surface area contributed by atoms with Gasteiger partial charge in [0.05, 0.1) is 5.69 Å². The Morgan fingerprint density at radius 1 is 1.43 bits per heavy atom. The molecule has 1 amide bonds. The average molecular weight is 288 g/mol. The van der Waals surface area contributed by atoms with Crippen LogP contribution in [-0.4, -0.2) is 48.9 Å². The normalized spacial score (nSPS) is 19.0. The van der Waals surface area contributed by atoms with Crippen LogP contribution in [0, 0.1) is 19.8 Å². The Labute approximate surface area is 123 Å². The van der Waals surface area contributed by atoms with E-state index >= 15 is 0 Å². The zero-order chi connectivity index (χ0) is 14.8. The third-order valence-corrected chi connectivity index (χ3v) is 4.11. The number of carbonyl (C=O) groups is 1. The average Bonchev–Trinajstić information content (AvgIpc) is 3.08. The minimum Gasteiger partial charge on any atom is -0.337 e. The molecular formula is C14H20N6O. The number of aryl methyl sites for hydroxylation is 2. The number of aromatic amines is 1. The summed E-state index contributed by atoms with van der Waals surface area (Å²) >= 11 is 0. The van der Waals surface area contributed by atoms with E-state index in [0.717, 1.165) is 38.3 Å². The number of carbonyl (C=O) groups excluding carboxylic acids is 1. The molecule has 3 heterocycles. The molecule has 7 heteroatoms. The van der Waals surface area contributed by atoms with Gasteiger partial charge >= 0.3 is 0 Å². The number of aromatic nitrogens is 5. The van der Waals surface area contributed by atoms with Crippen LogP contribution in [0.5, 0.6) is 0 Å². The second kappa shape index (κ2) is 5.67. The van der Waals surface area contributed by atoms with E-state index in [4.69, 9.17) is 0 Å². The van der Waals surface area contributed by atoms with E-state index in [0.29, 0.717) is 17.3 Å². The highest BCUT2D eigenvalue weighted by Gasteiger charge is 2.27. The topological polar surface area (TPSA) is 79.7 Å². The first kappa shape index (κ1) is 13.8. The molecule has 1 aliphatic heterocycles. The first-order chi connectivity index (χ1) is 10.1. The largest absolute Gasteiger partial charge is 0.337 e. The van der Waals surface area contributed by atoms with Gasteiger partial charge < -0.3 is 9.47 Å². The SMILES string of the molecule is Cc1n[nH]nc1C(=O)N1CCCC(Cn2ccnc2C)C1. The highest BCUT2D eigenvalue weighted by Crippen LogP contribution is 2.20. The fraction of sp³-hybridized carbons (Fsp3) is 0.571. The molecule has 2 aromatic heterocycles. The van der Waals surface area contributed by atoms with Gasteiger partial charge in [-0.3, -0.25) is 4.79 Å². The maximum atomic E-state index is 12.5. The number of rotatable bonds is 3. The molecule has 1 fully saturated rings. The Morgan fingerprint density at radius 3 is 2.95 bits per heavy atom. The lowest BCUT2D eigenvalue weighted by Crippen LogP contribution is -2.41. The number of hydrogen-bond donors (Lipinski definition) is 1. The molecular weight excluding hydrogens is 268 g/mol. The number of H-pyrrole nitrogens is 1. The van der Waals surface area contributed by atoms with Gasteiger partial charge in [0, 0.05) is 32.0 Å². The first-order valence-electron chi connectivity index (χ1n) is 7.29. The number of likely N-dealkylation sites (tertiary alicyclic amines) is 1. The summed E-state index contributed by atoms with van der Waals surface area (Å²) in [6, 6.07) is 0. The van der Waals surface area contributed by atoms with Gasteiger partial charge in [-0.2, -0.15) is 15.4 Å². The number of hydrogen-bond acceptors (Lipinski definition) is 4. The zero-order valence-corrected chi connectivity index (χ0v) is 12.4. The van der Waals surface area contributed by atoms with Gasteiger partial charge in [0.2, 0.25) is 0 Å². The van der Waals surface area contributed by atoms with E-state index in [2.05, 4.69) is 25.0 Å². The van der Waals surface area contributed by atoms with E-state index in [1.807, 2.05) is 24.2 Å². The van der Waals surface area contributed by atoms with Crippen molar-refractivity contribution in [3.05, 3.63) is 29.6 Å². The molecule has 112 valence electrons. The molecule has 1 aliphatic rings. The van der Waals surface area contributed by atoms with Crippen molar-refractivity contribution in [3.63, 3.8) is 0 Å². The molecule has 2 aromatic rings. The van der Waals surface area contributed by atoms with E-state index in [9.17, 15) is 4.79 Å². The quantitative estimate of drug-likeness (QED) is 0.919. The maximum absolute atomic E-state index is 12.5. The number of piperidine rings is 1. The molecule has 0 aromatic carbocycles. The molecule has 0 radical (unpaired) electrons. The van der Waals surface area contributed by atoms with E-state index in [1.54, 1.807) is 6.92 Å². The Bertz CT molecular complexity index is 631. The van der Waals surface area contributed by atoms with Crippen LogP contribution >= 0.6 is 0 Å². The summed E-state index contributed by atoms with van der Waals surface area (Å²) in [7, 11) is 0. The molecule has 0 spiro atoms. The summed E-state index contributed by atoms with van der Waals surface area (Å²) in [5, 5.41) is 10.4. The fourth-order valence-corrected chi connectivity index (χ4v) is 2.91. The predicted octanol–water partition coefficient (Wildman–Crippen LogP) is 1.17. The second-order valence-electron chi connectivity index (χ2n) is 5.64. The molecule has 21 heavy (non-hydrogen) atoms. The van der Waals surface area contributed by atoms with Gasteiger partial charge in [-0.25, -0.2) is 4.98 Å². The van der Waals surface area contributed by atoms with E-state index in [-0.39, 0.29) is 5.91 Å². The molecule has 0 aliphatic carbocycles. The molecule has 3 rings (SSSR count). The monoisotopic (exact) mass is 288 g/mol. The lowest BCUT2D eigenvalue weighted by atomic mass is 9.97. The fourth-order valence-electron chi connectivity index (χ4n) is 2.91. The van der Waals surface area contributed by atoms with Crippen molar-refractivity contribution in [2.75, 3.05) is 13.1 Å². The van der Waals surface area contributed by atoms with Gasteiger partial charge in [-0.15, -0.1) is 0 Å². The van der Waals surface area contributed by atoms with Crippen molar-refractivity contribution in [1.29, 1.82) is 0 Å². The molecule has 0 saturated carbocycles. The number of amides is 1. The zero-order valence-electron chi connectivity index (χ0n) is 12.4. The van der Waals surface area contributed by atoms with Crippen molar-refractivity contribution >= 4 is 5.91 Å². The lowest BCUT2D eigenvalue weighted by molar-refractivity contribution is 0.0655. The Morgan fingerprint density at radius 2 is 2.29 bits per heavy atom.